The van der Waals surface area contributed by atoms with Crippen LogP contribution in [-0.2, 0) is 17.7 Å². The van der Waals surface area contributed by atoms with Crippen molar-refractivity contribution < 1.29 is 9.53 Å². The minimum Gasteiger partial charge on any atom is -0.461 e. The molecule has 3 heterocycles. The van der Waals surface area contributed by atoms with Crippen molar-refractivity contribution in [3.05, 3.63) is 42.5 Å². The maximum atomic E-state index is 11.8. The number of carbonyl (C=O) groups is 1. The summed E-state index contributed by atoms with van der Waals surface area (Å²) in [4.78, 5) is 23.7. The van der Waals surface area contributed by atoms with Crippen LogP contribution in [-0.4, -0.2) is 32.1 Å². The van der Waals surface area contributed by atoms with E-state index in [2.05, 4.69) is 19.5 Å². The van der Waals surface area contributed by atoms with Gasteiger partial charge in [0, 0.05) is 37.5 Å². The van der Waals surface area contributed by atoms with Gasteiger partial charge in [-0.25, -0.2) is 19.7 Å². The Kier molecular flexibility index (Phi) is 3.22. The molecule has 1 aliphatic heterocycles. The lowest BCUT2D eigenvalue weighted by Gasteiger charge is -2.23. The van der Waals surface area contributed by atoms with E-state index in [1.165, 1.54) is 12.5 Å². The number of hydrogen-bond donors (Lipinski definition) is 0. The topological polar surface area (TPSA) is 69.9 Å². The van der Waals surface area contributed by atoms with Gasteiger partial charge in [-0.3, -0.25) is 0 Å². The minimum atomic E-state index is -0.390. The number of aromatic nitrogens is 4. The van der Waals surface area contributed by atoms with Crippen LogP contribution in [0.25, 0.3) is 0 Å². The second kappa shape index (κ2) is 5.17. The molecule has 0 saturated carbocycles. The molecule has 0 N–H and O–H groups in total. The van der Waals surface area contributed by atoms with Crippen LogP contribution in [0, 0.1) is 5.92 Å². The molecule has 3 rings (SSSR count). The Hall–Kier alpha value is -2.24. The molecule has 0 radical (unpaired) electrons. The molecular weight excluding hydrogens is 244 g/mol. The average Bonchev–Trinajstić information content (AvgIpc) is 2.93. The summed E-state index contributed by atoms with van der Waals surface area (Å²) in [6.45, 7) is 1.27. The molecule has 0 aromatic carbocycles. The third-order valence-electron chi connectivity index (χ3n) is 3.27. The molecular formula is C13H14N4O2. The molecule has 0 amide bonds. The van der Waals surface area contributed by atoms with Crippen molar-refractivity contribution in [2.45, 2.75) is 19.4 Å². The molecule has 0 saturated heterocycles. The van der Waals surface area contributed by atoms with Crippen LogP contribution in [0.4, 0.5) is 0 Å². The minimum absolute atomic E-state index is 0.300. The van der Waals surface area contributed by atoms with Gasteiger partial charge in [-0.15, -0.1) is 0 Å². The van der Waals surface area contributed by atoms with Crippen molar-refractivity contribution in [3.63, 3.8) is 0 Å². The Labute approximate surface area is 110 Å². The number of rotatable bonds is 3. The van der Waals surface area contributed by atoms with Crippen LogP contribution in [0.5, 0.6) is 0 Å². The third kappa shape index (κ3) is 2.62. The van der Waals surface area contributed by atoms with Crippen LogP contribution < -0.4 is 0 Å². The number of fused-ring (bicyclic) bond motifs is 1. The lowest BCUT2D eigenvalue weighted by atomic mass is 10.0. The lowest BCUT2D eigenvalue weighted by molar-refractivity contribution is 0.0403. The molecule has 0 spiro atoms. The first kappa shape index (κ1) is 11.8. The fraction of sp³-hybridized carbons (Fsp3) is 0.385. The van der Waals surface area contributed by atoms with Gasteiger partial charge in [0.2, 0.25) is 0 Å². The van der Waals surface area contributed by atoms with Crippen LogP contribution in [0.1, 0.15) is 22.7 Å². The van der Waals surface area contributed by atoms with Gasteiger partial charge in [0.05, 0.1) is 6.61 Å². The molecule has 1 atom stereocenters. The average molecular weight is 258 g/mol. The molecule has 6 heteroatoms. The molecule has 98 valence electrons. The summed E-state index contributed by atoms with van der Waals surface area (Å²) >= 11 is 0. The number of aryl methyl sites for hydroxylation is 1. The van der Waals surface area contributed by atoms with Crippen LogP contribution in [0.2, 0.25) is 0 Å². The molecule has 0 aliphatic carbocycles. The first-order chi connectivity index (χ1) is 9.33. The summed E-state index contributed by atoms with van der Waals surface area (Å²) in [6, 6.07) is 1.55. The van der Waals surface area contributed by atoms with Crippen molar-refractivity contribution in [1.29, 1.82) is 0 Å². The van der Waals surface area contributed by atoms with Crippen LogP contribution in [0.3, 0.4) is 0 Å². The maximum Gasteiger partial charge on any atom is 0.357 e. The highest BCUT2D eigenvalue weighted by atomic mass is 16.5. The second-order valence-electron chi connectivity index (χ2n) is 4.59. The van der Waals surface area contributed by atoms with Crippen molar-refractivity contribution >= 4 is 5.97 Å². The highest BCUT2D eigenvalue weighted by Crippen LogP contribution is 2.19. The Morgan fingerprint density at radius 1 is 1.42 bits per heavy atom. The zero-order valence-corrected chi connectivity index (χ0v) is 10.4. The summed E-state index contributed by atoms with van der Waals surface area (Å²) in [5, 5.41) is 0. The van der Waals surface area contributed by atoms with E-state index in [1.807, 2.05) is 12.4 Å². The molecule has 1 unspecified atom stereocenters. The highest BCUT2D eigenvalue weighted by molar-refractivity contribution is 5.86. The molecule has 2 aromatic rings. The maximum absolute atomic E-state index is 11.8. The van der Waals surface area contributed by atoms with Gasteiger partial charge in [0.25, 0.3) is 0 Å². The quantitative estimate of drug-likeness (QED) is 0.771. The summed E-state index contributed by atoms with van der Waals surface area (Å²) in [7, 11) is 0. The Bertz CT molecular complexity index is 567. The Morgan fingerprint density at radius 3 is 3.21 bits per heavy atom. The van der Waals surface area contributed by atoms with E-state index in [0.29, 0.717) is 18.2 Å². The highest BCUT2D eigenvalue weighted by Gasteiger charge is 2.20. The van der Waals surface area contributed by atoms with Gasteiger partial charge < -0.3 is 9.30 Å². The van der Waals surface area contributed by atoms with Crippen molar-refractivity contribution in [1.82, 2.24) is 19.5 Å². The zero-order valence-electron chi connectivity index (χ0n) is 10.4. The van der Waals surface area contributed by atoms with Crippen LogP contribution >= 0.6 is 0 Å². The predicted octanol–water partition coefficient (Wildman–Crippen LogP) is 1.09. The number of ether oxygens (including phenoxy) is 1. The number of nitrogens with zero attached hydrogens (tertiary/aromatic N) is 4. The van der Waals surface area contributed by atoms with Gasteiger partial charge in [0.15, 0.2) is 5.69 Å². The fourth-order valence-corrected chi connectivity index (χ4v) is 2.25. The zero-order chi connectivity index (χ0) is 13.1. The summed E-state index contributed by atoms with van der Waals surface area (Å²) < 4.78 is 7.41. The van der Waals surface area contributed by atoms with E-state index in [4.69, 9.17) is 4.74 Å². The fourth-order valence-electron chi connectivity index (χ4n) is 2.25. The predicted molar refractivity (Wildman–Crippen MR) is 66.4 cm³/mol. The lowest BCUT2D eigenvalue weighted by Crippen LogP contribution is -2.25. The standard InChI is InChI=1S/C13H14N4O2/c18-13(11-3-4-14-9-16-11)19-8-10-1-2-12-15-5-6-17(12)7-10/h3-6,9-10H,1-2,7-8H2. The van der Waals surface area contributed by atoms with E-state index in [-0.39, 0.29) is 5.97 Å². The van der Waals surface area contributed by atoms with Gasteiger partial charge in [-0.1, -0.05) is 0 Å². The number of carbonyl (C=O) groups excluding carboxylic acids is 1. The molecule has 0 bridgehead atoms. The third-order valence-corrected chi connectivity index (χ3v) is 3.27. The first-order valence-electron chi connectivity index (χ1n) is 6.26. The molecule has 2 aromatic heterocycles. The molecule has 19 heavy (non-hydrogen) atoms. The second-order valence-corrected chi connectivity index (χ2v) is 4.59. The van der Waals surface area contributed by atoms with Gasteiger partial charge in [-0.05, 0) is 12.5 Å². The van der Waals surface area contributed by atoms with Crippen molar-refractivity contribution in [2.75, 3.05) is 6.61 Å². The molecule has 0 fully saturated rings. The van der Waals surface area contributed by atoms with E-state index in [1.54, 1.807) is 6.07 Å². The summed E-state index contributed by atoms with van der Waals surface area (Å²) in [6.07, 6.45) is 8.58. The SMILES string of the molecule is O=C(OCC1CCc2nccn2C1)c1ccncn1. The Balaban J connectivity index is 1.55. The van der Waals surface area contributed by atoms with E-state index in [9.17, 15) is 4.79 Å². The van der Waals surface area contributed by atoms with E-state index >= 15 is 0 Å². The van der Waals surface area contributed by atoms with Crippen molar-refractivity contribution in [3.8, 4) is 0 Å². The van der Waals surface area contributed by atoms with Gasteiger partial charge in [-0.2, -0.15) is 0 Å². The monoisotopic (exact) mass is 258 g/mol. The first-order valence-corrected chi connectivity index (χ1v) is 6.26. The molecule has 6 nitrogen and oxygen atoms in total. The largest absolute Gasteiger partial charge is 0.461 e. The van der Waals surface area contributed by atoms with Gasteiger partial charge >= 0.3 is 5.97 Å². The van der Waals surface area contributed by atoms with E-state index in [0.717, 1.165) is 25.2 Å². The number of hydrogen-bond acceptors (Lipinski definition) is 5. The Morgan fingerprint density at radius 2 is 2.37 bits per heavy atom. The summed E-state index contributed by atoms with van der Waals surface area (Å²) in [5.74, 6) is 1.06. The van der Waals surface area contributed by atoms with Gasteiger partial charge in [0.1, 0.15) is 12.2 Å². The smallest absolute Gasteiger partial charge is 0.357 e. The van der Waals surface area contributed by atoms with E-state index < -0.39 is 0 Å². The number of esters is 1. The number of imidazole rings is 1. The molecule has 1 aliphatic rings. The van der Waals surface area contributed by atoms with Crippen molar-refractivity contribution in [2.24, 2.45) is 5.92 Å². The normalized spacial score (nSPS) is 17.8. The summed E-state index contributed by atoms with van der Waals surface area (Å²) in [5.41, 5.74) is 0.300. The van der Waals surface area contributed by atoms with Crippen LogP contribution in [0.15, 0.2) is 31.0 Å².